The Balaban J connectivity index is 1.59. The minimum atomic E-state index is -0.767. The van der Waals surface area contributed by atoms with Crippen molar-refractivity contribution < 1.29 is 29.0 Å². The van der Waals surface area contributed by atoms with Crippen molar-refractivity contribution in [3.05, 3.63) is 60.2 Å². The van der Waals surface area contributed by atoms with Gasteiger partial charge in [0, 0.05) is 24.3 Å². The van der Waals surface area contributed by atoms with Gasteiger partial charge in [0.05, 0.1) is 19.3 Å². The summed E-state index contributed by atoms with van der Waals surface area (Å²) in [6, 6.07) is 14.5. The van der Waals surface area contributed by atoms with Gasteiger partial charge in [0.15, 0.2) is 6.61 Å². The zero-order chi connectivity index (χ0) is 22.9. The first kappa shape index (κ1) is 23.1. The van der Waals surface area contributed by atoms with Crippen molar-refractivity contribution in [3.63, 3.8) is 0 Å². The molecular weight excluding hydrogens is 414 g/mol. The van der Waals surface area contributed by atoms with Gasteiger partial charge in [-0.05, 0) is 49.2 Å². The van der Waals surface area contributed by atoms with Gasteiger partial charge in [0.25, 0.3) is 5.91 Å². The summed E-state index contributed by atoms with van der Waals surface area (Å²) in [6.07, 6.45) is 0.332. The molecule has 2 aromatic rings. The average Bonchev–Trinajstić information content (AvgIpc) is 2.99. The van der Waals surface area contributed by atoms with E-state index in [9.17, 15) is 19.5 Å². The number of aliphatic hydroxyl groups is 1. The normalized spacial score (nSPS) is 18.2. The van der Waals surface area contributed by atoms with Gasteiger partial charge in [0.2, 0.25) is 0 Å². The second-order valence-electron chi connectivity index (χ2n) is 7.42. The monoisotopic (exact) mass is 441 g/mol. The second kappa shape index (κ2) is 11.1. The summed E-state index contributed by atoms with van der Waals surface area (Å²) in [5, 5.41) is 16.1. The molecule has 3 rings (SSSR count). The molecular formula is C23H27N3O6. The van der Waals surface area contributed by atoms with Crippen LogP contribution in [0.1, 0.15) is 23.2 Å². The van der Waals surface area contributed by atoms with Crippen LogP contribution in [0, 0.1) is 0 Å². The zero-order valence-electron chi connectivity index (χ0n) is 17.8. The minimum absolute atomic E-state index is 0.186. The lowest BCUT2D eigenvalue weighted by Gasteiger charge is -2.27. The number of rotatable bonds is 6. The van der Waals surface area contributed by atoms with Crippen LogP contribution in [0.25, 0.3) is 0 Å². The molecule has 2 unspecified atom stereocenters. The molecule has 0 aliphatic carbocycles. The molecule has 0 spiro atoms. The fraction of sp³-hybridized carbons (Fsp3) is 0.348. The Hall–Kier alpha value is -3.59. The molecule has 3 amide bonds. The van der Waals surface area contributed by atoms with Crippen molar-refractivity contribution in [2.75, 3.05) is 32.1 Å². The molecule has 170 valence electrons. The molecule has 1 fully saturated rings. The molecule has 1 heterocycles. The molecule has 0 saturated carbocycles. The summed E-state index contributed by atoms with van der Waals surface area (Å²) in [7, 11) is 1.27. The van der Waals surface area contributed by atoms with Crippen molar-refractivity contribution in [1.29, 1.82) is 0 Å². The molecule has 0 bridgehead atoms. The number of amides is 3. The summed E-state index contributed by atoms with van der Waals surface area (Å²) in [5.41, 5.74) is 1.05. The summed E-state index contributed by atoms with van der Waals surface area (Å²) < 4.78 is 9.78. The number of likely N-dealkylation sites (tertiary alicyclic amines) is 1. The highest BCUT2D eigenvalue weighted by Crippen LogP contribution is 2.16. The Labute approximate surface area is 186 Å². The number of benzene rings is 2. The van der Waals surface area contributed by atoms with Crippen LogP contribution < -0.4 is 15.4 Å². The number of esters is 1. The fourth-order valence-corrected chi connectivity index (χ4v) is 3.35. The highest BCUT2D eigenvalue weighted by Gasteiger charge is 2.29. The third kappa shape index (κ3) is 6.45. The lowest BCUT2D eigenvalue weighted by atomic mass is 10.1. The van der Waals surface area contributed by atoms with Crippen LogP contribution in [-0.4, -0.2) is 66.9 Å². The van der Waals surface area contributed by atoms with Crippen molar-refractivity contribution in [3.8, 4) is 5.75 Å². The van der Waals surface area contributed by atoms with Gasteiger partial charge in [-0.15, -0.1) is 0 Å². The number of hydrogen-bond donors (Lipinski definition) is 3. The quantitative estimate of drug-likeness (QED) is 0.591. The number of anilines is 1. The minimum Gasteiger partial charge on any atom is -0.482 e. The average molecular weight is 441 g/mol. The SMILES string of the molecule is COC(=O)COc1ccc(C(=O)NC2CN(C(=O)Nc3ccccc3)CCCC2O)cc1. The predicted molar refractivity (Wildman–Crippen MR) is 117 cm³/mol. The molecule has 1 aliphatic heterocycles. The first-order valence-corrected chi connectivity index (χ1v) is 10.4. The van der Waals surface area contributed by atoms with Gasteiger partial charge in [-0.3, -0.25) is 4.79 Å². The standard InChI is InChI=1S/C23H27N3O6/c1-31-21(28)15-32-18-11-9-16(10-12-18)22(29)25-19-14-26(13-5-8-20(19)27)23(30)24-17-6-3-2-4-7-17/h2-4,6-7,9-12,19-20,27H,5,8,13-15H2,1H3,(H,24,30)(H,25,29). The van der Waals surface area contributed by atoms with E-state index < -0.39 is 18.1 Å². The van der Waals surface area contributed by atoms with Crippen LogP contribution in [-0.2, 0) is 9.53 Å². The third-order valence-corrected chi connectivity index (χ3v) is 5.14. The topological polar surface area (TPSA) is 117 Å². The predicted octanol–water partition coefficient (Wildman–Crippen LogP) is 2.03. The van der Waals surface area contributed by atoms with E-state index in [-0.39, 0.29) is 25.1 Å². The zero-order valence-corrected chi connectivity index (χ0v) is 17.8. The lowest BCUT2D eigenvalue weighted by Crippen LogP contribution is -2.50. The van der Waals surface area contributed by atoms with E-state index in [0.717, 1.165) is 0 Å². The van der Waals surface area contributed by atoms with Crippen molar-refractivity contribution in [2.24, 2.45) is 0 Å². The third-order valence-electron chi connectivity index (χ3n) is 5.14. The summed E-state index contributed by atoms with van der Waals surface area (Å²) in [5.74, 6) is -0.459. The highest BCUT2D eigenvalue weighted by molar-refractivity contribution is 5.94. The fourth-order valence-electron chi connectivity index (χ4n) is 3.35. The molecule has 0 radical (unpaired) electrons. The number of nitrogens with zero attached hydrogens (tertiary/aromatic N) is 1. The number of ether oxygens (including phenoxy) is 2. The lowest BCUT2D eigenvalue weighted by molar-refractivity contribution is -0.142. The van der Waals surface area contributed by atoms with E-state index in [2.05, 4.69) is 15.4 Å². The second-order valence-corrected chi connectivity index (χ2v) is 7.42. The molecule has 3 N–H and O–H groups in total. The number of carbonyl (C=O) groups is 3. The van der Waals surface area contributed by atoms with Gasteiger partial charge < -0.3 is 30.1 Å². The van der Waals surface area contributed by atoms with Crippen molar-refractivity contribution in [2.45, 2.75) is 25.0 Å². The maximum absolute atomic E-state index is 12.7. The number of nitrogens with one attached hydrogen (secondary N) is 2. The van der Waals surface area contributed by atoms with Gasteiger partial charge in [-0.25, -0.2) is 9.59 Å². The number of methoxy groups -OCH3 is 1. The summed E-state index contributed by atoms with van der Waals surface area (Å²) in [6.45, 7) is 0.442. The molecule has 1 aliphatic rings. The first-order valence-electron chi connectivity index (χ1n) is 10.4. The van der Waals surface area contributed by atoms with Gasteiger partial charge in [-0.1, -0.05) is 18.2 Å². The first-order chi connectivity index (χ1) is 15.5. The molecule has 9 nitrogen and oxygen atoms in total. The molecule has 1 saturated heterocycles. The largest absolute Gasteiger partial charge is 0.482 e. The van der Waals surface area contributed by atoms with E-state index in [4.69, 9.17) is 4.74 Å². The van der Waals surface area contributed by atoms with Gasteiger partial charge in [0.1, 0.15) is 5.75 Å². The Kier molecular flexibility index (Phi) is 8.04. The molecule has 2 aromatic carbocycles. The van der Waals surface area contributed by atoms with E-state index in [1.165, 1.54) is 7.11 Å². The summed E-state index contributed by atoms with van der Waals surface area (Å²) >= 11 is 0. The van der Waals surface area contributed by atoms with Crippen LogP contribution in [0.3, 0.4) is 0 Å². The van der Waals surface area contributed by atoms with Crippen LogP contribution in [0.4, 0.5) is 10.5 Å². The molecule has 32 heavy (non-hydrogen) atoms. The Morgan fingerprint density at radius 3 is 2.50 bits per heavy atom. The molecule has 9 heteroatoms. The van der Waals surface area contributed by atoms with E-state index in [0.29, 0.717) is 36.4 Å². The maximum Gasteiger partial charge on any atom is 0.343 e. The Bertz CT molecular complexity index is 919. The van der Waals surface area contributed by atoms with Crippen LogP contribution in [0.15, 0.2) is 54.6 Å². The van der Waals surface area contributed by atoms with E-state index in [1.807, 2.05) is 18.2 Å². The van der Waals surface area contributed by atoms with Crippen LogP contribution in [0.5, 0.6) is 5.75 Å². The van der Waals surface area contributed by atoms with Gasteiger partial charge in [-0.2, -0.15) is 0 Å². The molecule has 2 atom stereocenters. The van der Waals surface area contributed by atoms with E-state index >= 15 is 0 Å². The van der Waals surface area contributed by atoms with Crippen LogP contribution >= 0.6 is 0 Å². The van der Waals surface area contributed by atoms with Gasteiger partial charge >= 0.3 is 12.0 Å². The number of urea groups is 1. The molecule has 0 aromatic heterocycles. The van der Waals surface area contributed by atoms with Crippen LogP contribution in [0.2, 0.25) is 0 Å². The number of carbonyl (C=O) groups excluding carboxylic acids is 3. The number of aliphatic hydroxyl groups excluding tert-OH is 1. The smallest absolute Gasteiger partial charge is 0.343 e. The van der Waals surface area contributed by atoms with Crippen molar-refractivity contribution in [1.82, 2.24) is 10.2 Å². The number of para-hydroxylation sites is 1. The highest BCUT2D eigenvalue weighted by atomic mass is 16.6. The van der Waals surface area contributed by atoms with E-state index in [1.54, 1.807) is 41.3 Å². The Morgan fingerprint density at radius 2 is 1.81 bits per heavy atom. The maximum atomic E-state index is 12.7. The van der Waals surface area contributed by atoms with Crippen molar-refractivity contribution >= 4 is 23.6 Å². The Morgan fingerprint density at radius 1 is 1.09 bits per heavy atom. The summed E-state index contributed by atoms with van der Waals surface area (Å²) in [4.78, 5) is 38.1. The number of hydrogen-bond acceptors (Lipinski definition) is 6.